The molecule has 0 heterocycles. The predicted molar refractivity (Wildman–Crippen MR) is 114 cm³/mol. The van der Waals surface area contributed by atoms with E-state index < -0.39 is 5.97 Å². The third-order valence-corrected chi connectivity index (χ3v) is 5.12. The van der Waals surface area contributed by atoms with E-state index in [4.69, 9.17) is 5.11 Å². The minimum Gasteiger partial charge on any atom is -0.481 e. The fraction of sp³-hybridized carbons (Fsp3) is 0.304. The summed E-state index contributed by atoms with van der Waals surface area (Å²) in [4.78, 5) is 34.6. The molecule has 1 aliphatic carbocycles. The van der Waals surface area contributed by atoms with Crippen molar-refractivity contribution in [2.45, 2.75) is 39.0 Å². The van der Waals surface area contributed by atoms with E-state index in [2.05, 4.69) is 40.1 Å². The molecule has 156 valence electrons. The first-order valence-electron chi connectivity index (χ1n) is 9.86. The van der Waals surface area contributed by atoms with Gasteiger partial charge in [-0.2, -0.15) is 5.10 Å². The van der Waals surface area contributed by atoms with Gasteiger partial charge in [0, 0.05) is 18.0 Å². The molecule has 0 spiro atoms. The number of hydrogen-bond donors (Lipinski definition) is 3. The molecular weight excluding hydrogens is 382 g/mol. The molecule has 0 saturated heterocycles. The molecule has 3 rings (SSSR count). The minimum absolute atomic E-state index is 0.0485. The van der Waals surface area contributed by atoms with E-state index in [0.29, 0.717) is 11.4 Å². The molecule has 2 amide bonds. The number of nitrogens with zero attached hydrogens (tertiary/aromatic N) is 1. The van der Waals surface area contributed by atoms with Gasteiger partial charge in [-0.1, -0.05) is 42.0 Å². The van der Waals surface area contributed by atoms with Crippen LogP contribution in [0.3, 0.4) is 0 Å². The second-order valence-corrected chi connectivity index (χ2v) is 7.55. The highest BCUT2D eigenvalue weighted by Gasteiger charge is 2.43. The maximum Gasteiger partial charge on any atom is 0.303 e. The zero-order chi connectivity index (χ0) is 21.7. The summed E-state index contributed by atoms with van der Waals surface area (Å²) in [6, 6.07) is 15.3. The summed E-state index contributed by atoms with van der Waals surface area (Å²) in [6.07, 6.45) is 0.551. The lowest BCUT2D eigenvalue weighted by atomic mass is 10.1. The van der Waals surface area contributed by atoms with Crippen LogP contribution in [0.25, 0.3) is 0 Å². The lowest BCUT2D eigenvalue weighted by molar-refractivity contribution is -0.138. The molecule has 0 bridgehead atoms. The molecule has 0 radical (unpaired) electrons. The number of carboxylic acid groups (broad SMARTS) is 1. The third kappa shape index (κ3) is 5.76. The van der Waals surface area contributed by atoms with E-state index in [0.717, 1.165) is 12.0 Å². The third-order valence-electron chi connectivity index (χ3n) is 5.12. The normalized spacial score (nSPS) is 17.9. The Hall–Kier alpha value is -3.48. The van der Waals surface area contributed by atoms with Crippen LogP contribution in [0.1, 0.15) is 48.8 Å². The highest BCUT2D eigenvalue weighted by molar-refractivity contribution is 6.00. The molecule has 2 aromatic rings. The Morgan fingerprint density at radius 3 is 2.33 bits per heavy atom. The van der Waals surface area contributed by atoms with Crippen LogP contribution in [0, 0.1) is 12.8 Å². The van der Waals surface area contributed by atoms with E-state index in [-0.39, 0.29) is 36.5 Å². The van der Waals surface area contributed by atoms with Crippen molar-refractivity contribution in [3.05, 3.63) is 65.2 Å². The van der Waals surface area contributed by atoms with Gasteiger partial charge >= 0.3 is 5.97 Å². The number of hydrazone groups is 1. The van der Waals surface area contributed by atoms with Gasteiger partial charge in [-0.15, -0.1) is 0 Å². The van der Waals surface area contributed by atoms with Crippen LogP contribution in [0.2, 0.25) is 0 Å². The molecule has 0 unspecified atom stereocenters. The first-order chi connectivity index (χ1) is 14.3. The minimum atomic E-state index is -1.01. The summed E-state index contributed by atoms with van der Waals surface area (Å²) >= 11 is 0. The zero-order valence-corrected chi connectivity index (χ0v) is 17.0. The Morgan fingerprint density at radius 1 is 1.03 bits per heavy atom. The fourth-order valence-corrected chi connectivity index (χ4v) is 3.19. The number of aliphatic carboxylic acids is 1. The van der Waals surface area contributed by atoms with Gasteiger partial charge in [0.2, 0.25) is 11.8 Å². The molecule has 1 fully saturated rings. The number of anilines is 1. The van der Waals surface area contributed by atoms with Gasteiger partial charge in [-0.3, -0.25) is 14.4 Å². The largest absolute Gasteiger partial charge is 0.481 e. The van der Waals surface area contributed by atoms with Crippen molar-refractivity contribution in [3.63, 3.8) is 0 Å². The van der Waals surface area contributed by atoms with Crippen LogP contribution in [0.5, 0.6) is 0 Å². The maximum absolute atomic E-state index is 12.4. The lowest BCUT2D eigenvalue weighted by Crippen LogP contribution is -2.21. The number of benzene rings is 2. The molecule has 1 saturated carbocycles. The van der Waals surface area contributed by atoms with Crippen LogP contribution < -0.4 is 10.7 Å². The highest BCUT2D eigenvalue weighted by atomic mass is 16.4. The first kappa shape index (κ1) is 21.2. The van der Waals surface area contributed by atoms with Crippen molar-refractivity contribution in [1.29, 1.82) is 0 Å². The second kappa shape index (κ2) is 9.35. The Morgan fingerprint density at radius 2 is 1.70 bits per heavy atom. The van der Waals surface area contributed by atoms with Crippen molar-refractivity contribution < 1.29 is 19.5 Å². The fourth-order valence-electron chi connectivity index (χ4n) is 3.19. The van der Waals surface area contributed by atoms with E-state index in [1.807, 2.05) is 6.92 Å². The zero-order valence-electron chi connectivity index (χ0n) is 17.0. The molecule has 30 heavy (non-hydrogen) atoms. The van der Waals surface area contributed by atoms with E-state index in [1.165, 1.54) is 11.1 Å². The highest BCUT2D eigenvalue weighted by Crippen LogP contribution is 2.47. The molecule has 3 N–H and O–H groups in total. The van der Waals surface area contributed by atoms with E-state index in [1.54, 1.807) is 31.2 Å². The van der Waals surface area contributed by atoms with Crippen LogP contribution in [0.4, 0.5) is 5.69 Å². The predicted octanol–water partition coefficient (Wildman–Crippen LogP) is 3.44. The molecule has 0 aliphatic heterocycles. The van der Waals surface area contributed by atoms with Crippen LogP contribution in [-0.2, 0) is 14.4 Å². The summed E-state index contributed by atoms with van der Waals surface area (Å²) in [5, 5.41) is 15.5. The average molecular weight is 407 g/mol. The lowest BCUT2D eigenvalue weighted by Gasteiger charge is -2.07. The van der Waals surface area contributed by atoms with Gasteiger partial charge in [-0.25, -0.2) is 5.43 Å². The Bertz CT molecular complexity index is 965. The summed E-state index contributed by atoms with van der Waals surface area (Å²) in [5.41, 5.74) is 7.07. The van der Waals surface area contributed by atoms with Gasteiger partial charge in [0.25, 0.3) is 0 Å². The van der Waals surface area contributed by atoms with Gasteiger partial charge in [0.15, 0.2) is 0 Å². The summed E-state index contributed by atoms with van der Waals surface area (Å²) < 4.78 is 0. The average Bonchev–Trinajstić information content (AvgIpc) is 3.52. The first-order valence-corrected chi connectivity index (χ1v) is 9.86. The van der Waals surface area contributed by atoms with Gasteiger partial charge in [-0.05, 0) is 49.4 Å². The van der Waals surface area contributed by atoms with Gasteiger partial charge in [0.1, 0.15) is 0 Å². The number of carbonyl (C=O) groups excluding carboxylic acids is 2. The Kier molecular flexibility index (Phi) is 6.61. The van der Waals surface area contributed by atoms with Crippen molar-refractivity contribution in [2.75, 3.05) is 5.32 Å². The molecule has 0 aromatic heterocycles. The molecule has 1 aliphatic rings. The van der Waals surface area contributed by atoms with Crippen LogP contribution >= 0.6 is 0 Å². The quantitative estimate of drug-likeness (QED) is 0.460. The summed E-state index contributed by atoms with van der Waals surface area (Å²) in [5.74, 6) is -1.24. The van der Waals surface area contributed by atoms with Crippen molar-refractivity contribution in [3.8, 4) is 0 Å². The molecule has 2 aromatic carbocycles. The molecule has 2 atom stereocenters. The number of rotatable bonds is 8. The standard InChI is InChI=1S/C23H25N3O4/c1-14-3-5-17(6-4-14)19-13-20(19)23(30)26-25-15(2)16-7-9-18(10-8-16)24-21(27)11-12-22(28)29/h3-10,19-20H,11-13H2,1-2H3,(H,24,27)(H,26,30)(H,28,29)/b25-15+/t19-,20-/m1/s1. The topological polar surface area (TPSA) is 108 Å². The SMILES string of the molecule is C/C(=N\NC(=O)[C@@H]1C[C@@H]1c1ccc(C)cc1)c1ccc(NC(=O)CCC(=O)O)cc1. The van der Waals surface area contributed by atoms with Crippen molar-refractivity contribution >= 4 is 29.2 Å². The van der Waals surface area contributed by atoms with Crippen molar-refractivity contribution in [2.24, 2.45) is 11.0 Å². The molecular formula is C23H25N3O4. The van der Waals surface area contributed by atoms with Gasteiger partial charge in [0.05, 0.1) is 12.1 Å². The van der Waals surface area contributed by atoms with Gasteiger partial charge < -0.3 is 10.4 Å². The van der Waals surface area contributed by atoms with Crippen LogP contribution in [0.15, 0.2) is 53.6 Å². The number of amides is 2. The Balaban J connectivity index is 1.50. The maximum atomic E-state index is 12.4. The van der Waals surface area contributed by atoms with E-state index >= 15 is 0 Å². The number of carboxylic acids is 1. The van der Waals surface area contributed by atoms with Crippen LogP contribution in [-0.4, -0.2) is 28.6 Å². The smallest absolute Gasteiger partial charge is 0.303 e. The number of hydrogen-bond acceptors (Lipinski definition) is 4. The summed E-state index contributed by atoms with van der Waals surface area (Å²) in [6.45, 7) is 3.84. The second-order valence-electron chi connectivity index (χ2n) is 7.55. The molecule has 7 nitrogen and oxygen atoms in total. The van der Waals surface area contributed by atoms with E-state index in [9.17, 15) is 14.4 Å². The number of nitrogens with one attached hydrogen (secondary N) is 2. The Labute approximate surface area is 175 Å². The van der Waals surface area contributed by atoms with Crippen molar-refractivity contribution in [1.82, 2.24) is 5.43 Å². The number of aryl methyl sites for hydroxylation is 1. The monoisotopic (exact) mass is 407 g/mol. The molecule has 7 heteroatoms. The number of carbonyl (C=O) groups is 3. The summed E-state index contributed by atoms with van der Waals surface area (Å²) in [7, 11) is 0.